The number of ether oxygens (including phenoxy) is 1. The molecule has 1 heterocycles. The van der Waals surface area contributed by atoms with Gasteiger partial charge in [0, 0.05) is 31.4 Å². The third kappa shape index (κ3) is 3.90. The second-order valence-corrected chi connectivity index (χ2v) is 4.87. The van der Waals surface area contributed by atoms with Crippen LogP contribution in [0.5, 0.6) is 0 Å². The lowest BCUT2D eigenvalue weighted by Gasteiger charge is -2.32. The fourth-order valence-corrected chi connectivity index (χ4v) is 2.32. The van der Waals surface area contributed by atoms with Crippen LogP contribution >= 0.6 is 0 Å². The van der Waals surface area contributed by atoms with Crippen LogP contribution in [0.25, 0.3) is 0 Å². The second kappa shape index (κ2) is 7.02. The van der Waals surface area contributed by atoms with Crippen molar-refractivity contribution >= 4 is 11.4 Å². The van der Waals surface area contributed by atoms with E-state index in [0.717, 1.165) is 19.6 Å². The summed E-state index contributed by atoms with van der Waals surface area (Å²) in [6.07, 6.45) is 0.0828. The molecule has 1 aliphatic heterocycles. The van der Waals surface area contributed by atoms with E-state index in [1.54, 1.807) is 6.07 Å². The first kappa shape index (κ1) is 15.2. The molecule has 2 rings (SSSR count). The minimum atomic E-state index is -0.550. The van der Waals surface area contributed by atoms with Crippen LogP contribution in [0.1, 0.15) is 12.5 Å². The van der Waals surface area contributed by atoms with E-state index in [9.17, 15) is 10.1 Å². The zero-order valence-corrected chi connectivity index (χ0v) is 11.9. The molecular weight excluding hydrogens is 272 g/mol. The van der Waals surface area contributed by atoms with E-state index in [2.05, 4.69) is 17.1 Å². The van der Waals surface area contributed by atoms with Crippen molar-refractivity contribution in [2.24, 2.45) is 0 Å². The minimum absolute atomic E-state index is 0.0600. The molecule has 1 unspecified atom stereocenters. The molecule has 1 aromatic rings. The summed E-state index contributed by atoms with van der Waals surface area (Å²) in [6.45, 7) is 6.25. The number of nitrogens with zero attached hydrogens (tertiary/aromatic N) is 3. The summed E-state index contributed by atoms with van der Waals surface area (Å²) in [6, 6.07) is 6.31. The number of nitro groups is 1. The van der Waals surface area contributed by atoms with Crippen LogP contribution in [0.4, 0.5) is 11.4 Å². The lowest BCUT2D eigenvalue weighted by Crippen LogP contribution is -2.45. The van der Waals surface area contributed by atoms with Crippen molar-refractivity contribution < 1.29 is 9.66 Å². The number of rotatable bonds is 5. The fourth-order valence-electron chi connectivity index (χ4n) is 2.32. The van der Waals surface area contributed by atoms with E-state index in [-0.39, 0.29) is 17.4 Å². The monoisotopic (exact) mass is 290 g/mol. The number of likely N-dealkylation sites (N-methyl/N-ethyl adjacent to an activating group) is 1. The summed E-state index contributed by atoms with van der Waals surface area (Å²) in [5, 5.41) is 22.9. The van der Waals surface area contributed by atoms with Gasteiger partial charge in [0.2, 0.25) is 0 Å². The van der Waals surface area contributed by atoms with Gasteiger partial charge in [0.1, 0.15) is 11.6 Å². The Bertz CT molecular complexity index is 556. The van der Waals surface area contributed by atoms with E-state index < -0.39 is 4.92 Å². The number of nitriles is 1. The summed E-state index contributed by atoms with van der Waals surface area (Å²) in [7, 11) is 0. The number of anilines is 1. The minimum Gasteiger partial charge on any atom is -0.382 e. The van der Waals surface area contributed by atoms with Crippen molar-refractivity contribution in [1.82, 2.24) is 4.90 Å². The van der Waals surface area contributed by atoms with Crippen LogP contribution in [0.3, 0.4) is 0 Å². The number of nitro benzene ring substituents is 1. The predicted octanol–water partition coefficient (Wildman–Crippen LogP) is 1.60. The first-order chi connectivity index (χ1) is 10.1. The van der Waals surface area contributed by atoms with Crippen LogP contribution in [0.2, 0.25) is 0 Å². The average molecular weight is 290 g/mol. The van der Waals surface area contributed by atoms with Crippen molar-refractivity contribution in [1.29, 1.82) is 5.26 Å². The Morgan fingerprint density at radius 2 is 2.43 bits per heavy atom. The topological polar surface area (TPSA) is 91.4 Å². The fraction of sp³-hybridized carbons (Fsp3) is 0.500. The highest BCUT2D eigenvalue weighted by atomic mass is 16.6. The van der Waals surface area contributed by atoms with Crippen molar-refractivity contribution in [3.63, 3.8) is 0 Å². The summed E-state index contributed by atoms with van der Waals surface area (Å²) in [5.74, 6) is 0. The van der Waals surface area contributed by atoms with Crippen molar-refractivity contribution in [2.75, 3.05) is 38.1 Å². The highest BCUT2D eigenvalue weighted by Gasteiger charge is 2.19. The van der Waals surface area contributed by atoms with Crippen LogP contribution in [0.15, 0.2) is 18.2 Å². The van der Waals surface area contributed by atoms with Crippen molar-refractivity contribution in [3.8, 4) is 6.07 Å². The second-order valence-electron chi connectivity index (χ2n) is 4.87. The molecule has 7 heteroatoms. The van der Waals surface area contributed by atoms with Crippen LogP contribution in [0, 0.1) is 21.4 Å². The molecule has 1 fully saturated rings. The highest BCUT2D eigenvalue weighted by Crippen LogP contribution is 2.22. The number of hydrogen-bond acceptors (Lipinski definition) is 6. The number of nitrogens with one attached hydrogen (secondary N) is 1. The zero-order chi connectivity index (χ0) is 15.2. The van der Waals surface area contributed by atoms with E-state index >= 15 is 0 Å². The van der Waals surface area contributed by atoms with Crippen LogP contribution < -0.4 is 5.32 Å². The molecule has 21 heavy (non-hydrogen) atoms. The molecule has 1 aromatic carbocycles. The summed E-state index contributed by atoms with van der Waals surface area (Å²) >= 11 is 0. The molecule has 112 valence electrons. The van der Waals surface area contributed by atoms with Gasteiger partial charge in [-0.3, -0.25) is 15.0 Å². The standard InChI is InChI=1S/C14H18N4O3/c1-2-17-5-6-21-13(10-17)9-16-12-3-4-14(18(19)20)11(7-12)8-15/h3-4,7,13,16H,2,5-6,9-10H2,1H3. The van der Waals surface area contributed by atoms with E-state index in [1.165, 1.54) is 12.1 Å². The Kier molecular flexibility index (Phi) is 5.09. The molecule has 1 aliphatic rings. The third-order valence-corrected chi connectivity index (χ3v) is 3.52. The summed E-state index contributed by atoms with van der Waals surface area (Å²) in [4.78, 5) is 12.5. The van der Waals surface area contributed by atoms with Crippen LogP contribution in [-0.4, -0.2) is 48.7 Å². The van der Waals surface area contributed by atoms with Gasteiger partial charge in [-0.15, -0.1) is 0 Å². The third-order valence-electron chi connectivity index (χ3n) is 3.52. The number of morpholine rings is 1. The molecule has 0 saturated carbocycles. The first-order valence-corrected chi connectivity index (χ1v) is 6.90. The molecule has 7 nitrogen and oxygen atoms in total. The van der Waals surface area contributed by atoms with Gasteiger partial charge in [-0.2, -0.15) is 5.26 Å². The molecule has 1 saturated heterocycles. The van der Waals surface area contributed by atoms with E-state index in [1.807, 2.05) is 6.07 Å². The maximum atomic E-state index is 10.8. The van der Waals surface area contributed by atoms with E-state index in [4.69, 9.17) is 10.00 Å². The molecular formula is C14H18N4O3. The zero-order valence-electron chi connectivity index (χ0n) is 11.9. The number of hydrogen-bond donors (Lipinski definition) is 1. The smallest absolute Gasteiger partial charge is 0.287 e. The Morgan fingerprint density at radius 1 is 1.62 bits per heavy atom. The van der Waals surface area contributed by atoms with Gasteiger partial charge >= 0.3 is 0 Å². The lowest BCUT2D eigenvalue weighted by molar-refractivity contribution is -0.385. The predicted molar refractivity (Wildman–Crippen MR) is 78.2 cm³/mol. The summed E-state index contributed by atoms with van der Waals surface area (Å²) in [5.41, 5.74) is 0.577. The van der Waals surface area contributed by atoms with Gasteiger partial charge in [-0.1, -0.05) is 6.92 Å². The summed E-state index contributed by atoms with van der Waals surface area (Å²) < 4.78 is 5.67. The molecule has 0 radical (unpaired) electrons. The molecule has 0 bridgehead atoms. The Labute approximate surface area is 123 Å². The van der Waals surface area contributed by atoms with Gasteiger partial charge in [-0.05, 0) is 18.7 Å². The molecule has 1 atom stereocenters. The average Bonchev–Trinajstić information content (AvgIpc) is 2.52. The highest BCUT2D eigenvalue weighted by molar-refractivity contribution is 5.58. The Morgan fingerprint density at radius 3 is 3.10 bits per heavy atom. The quantitative estimate of drug-likeness (QED) is 0.654. The van der Waals surface area contributed by atoms with Crippen molar-refractivity contribution in [3.05, 3.63) is 33.9 Å². The molecule has 0 spiro atoms. The van der Waals surface area contributed by atoms with E-state index in [0.29, 0.717) is 18.8 Å². The largest absolute Gasteiger partial charge is 0.382 e. The van der Waals surface area contributed by atoms with Gasteiger partial charge in [0.05, 0.1) is 17.6 Å². The maximum Gasteiger partial charge on any atom is 0.287 e. The number of benzene rings is 1. The Balaban J connectivity index is 1.97. The van der Waals surface area contributed by atoms with Gasteiger partial charge in [0.15, 0.2) is 0 Å². The molecule has 0 amide bonds. The lowest BCUT2D eigenvalue weighted by atomic mass is 10.1. The van der Waals surface area contributed by atoms with Crippen molar-refractivity contribution in [2.45, 2.75) is 13.0 Å². The first-order valence-electron chi connectivity index (χ1n) is 6.90. The van der Waals surface area contributed by atoms with Gasteiger partial charge < -0.3 is 10.1 Å². The van der Waals surface area contributed by atoms with Gasteiger partial charge in [0.25, 0.3) is 5.69 Å². The normalized spacial score (nSPS) is 19.0. The molecule has 0 aliphatic carbocycles. The molecule has 1 N–H and O–H groups in total. The van der Waals surface area contributed by atoms with Gasteiger partial charge in [-0.25, -0.2) is 0 Å². The van der Waals surface area contributed by atoms with Crippen LogP contribution in [-0.2, 0) is 4.74 Å². The maximum absolute atomic E-state index is 10.8. The Hall–Kier alpha value is -2.17. The SMILES string of the molecule is CCN1CCOC(CNc2ccc([N+](=O)[O-])c(C#N)c2)C1. The molecule has 0 aromatic heterocycles.